The largest absolute Gasteiger partial charge is 0.462 e. The van der Waals surface area contributed by atoms with Crippen LogP contribution in [0.3, 0.4) is 0 Å². The molecule has 0 bridgehead atoms. The molecule has 3 rings (SSSR count). The van der Waals surface area contributed by atoms with Crippen molar-refractivity contribution in [2.75, 3.05) is 6.61 Å². The first-order valence-electron chi connectivity index (χ1n) is 7.41. The van der Waals surface area contributed by atoms with Crippen LogP contribution in [-0.4, -0.2) is 17.6 Å². The van der Waals surface area contributed by atoms with E-state index in [1.165, 1.54) is 24.1 Å². The number of rotatable bonds is 3. The van der Waals surface area contributed by atoms with Gasteiger partial charge in [-0.1, -0.05) is 6.92 Å². The monoisotopic (exact) mass is 259 g/mol. The summed E-state index contributed by atoms with van der Waals surface area (Å²) in [6.45, 7) is 4.52. The maximum atomic E-state index is 12.1. The summed E-state index contributed by atoms with van der Waals surface area (Å²) in [6, 6.07) is 2.06. The summed E-state index contributed by atoms with van der Waals surface area (Å²) in [7, 11) is 0. The molecular weight excluding hydrogens is 238 g/mol. The Labute approximate surface area is 114 Å². The van der Waals surface area contributed by atoms with Crippen LogP contribution >= 0.6 is 0 Å². The van der Waals surface area contributed by atoms with Gasteiger partial charge in [-0.15, -0.1) is 0 Å². The van der Waals surface area contributed by atoms with E-state index in [0.29, 0.717) is 18.4 Å². The highest BCUT2D eigenvalue weighted by Gasteiger charge is 2.32. The maximum absolute atomic E-state index is 12.1. The molecule has 2 aliphatic rings. The topological polar surface area (TPSA) is 39.2 Å². The summed E-state index contributed by atoms with van der Waals surface area (Å²) in [5.41, 5.74) is 4.19. The molecule has 2 aliphatic carbocycles. The summed E-state index contributed by atoms with van der Waals surface area (Å²) < 4.78 is 5.19. The van der Waals surface area contributed by atoms with Crippen LogP contribution in [0.1, 0.15) is 78.7 Å². The number of nitrogens with zero attached hydrogens (tertiary/aromatic N) is 1. The van der Waals surface area contributed by atoms with Gasteiger partial charge in [0.05, 0.1) is 17.9 Å². The van der Waals surface area contributed by atoms with Crippen LogP contribution in [0.5, 0.6) is 0 Å². The first-order valence-corrected chi connectivity index (χ1v) is 7.41. The molecule has 1 aromatic heterocycles. The third-order valence-corrected chi connectivity index (χ3v) is 4.17. The Bertz CT molecular complexity index is 506. The number of carbonyl (C=O) groups is 1. The zero-order valence-electron chi connectivity index (χ0n) is 11.7. The number of hydrogen-bond acceptors (Lipinski definition) is 3. The van der Waals surface area contributed by atoms with Gasteiger partial charge < -0.3 is 4.74 Å². The third kappa shape index (κ3) is 2.38. The molecule has 0 aromatic carbocycles. The minimum Gasteiger partial charge on any atom is -0.462 e. The number of hydrogen-bond donors (Lipinski definition) is 0. The first kappa shape index (κ1) is 12.6. The van der Waals surface area contributed by atoms with E-state index in [9.17, 15) is 4.79 Å². The van der Waals surface area contributed by atoms with E-state index in [1.54, 1.807) is 0 Å². The normalized spacial score (nSPS) is 21.9. The van der Waals surface area contributed by atoms with Crippen LogP contribution in [0.15, 0.2) is 6.07 Å². The quantitative estimate of drug-likeness (QED) is 0.779. The molecule has 0 saturated heterocycles. The number of aromatic nitrogens is 1. The SMILES string of the molecule is CCOC(=O)c1cc2c(nc1C1CC1)C(C)CCC2. The van der Waals surface area contributed by atoms with Crippen molar-refractivity contribution in [3.63, 3.8) is 0 Å². The van der Waals surface area contributed by atoms with Gasteiger partial charge in [-0.05, 0) is 56.6 Å². The van der Waals surface area contributed by atoms with Crippen LogP contribution in [0.2, 0.25) is 0 Å². The summed E-state index contributed by atoms with van der Waals surface area (Å²) in [4.78, 5) is 17.0. The Morgan fingerprint density at radius 2 is 2.16 bits per heavy atom. The molecule has 3 nitrogen and oxygen atoms in total. The molecule has 0 aliphatic heterocycles. The van der Waals surface area contributed by atoms with E-state index in [2.05, 4.69) is 13.0 Å². The number of fused-ring (bicyclic) bond motifs is 1. The molecule has 1 aromatic rings. The van der Waals surface area contributed by atoms with Crippen LogP contribution in [0.25, 0.3) is 0 Å². The van der Waals surface area contributed by atoms with Gasteiger partial charge in [0.25, 0.3) is 0 Å². The van der Waals surface area contributed by atoms with Crippen molar-refractivity contribution in [2.24, 2.45) is 0 Å². The second kappa shape index (κ2) is 4.95. The molecule has 1 saturated carbocycles. The van der Waals surface area contributed by atoms with Crippen LogP contribution in [0.4, 0.5) is 0 Å². The summed E-state index contributed by atoms with van der Waals surface area (Å²) in [5, 5.41) is 0. The predicted molar refractivity (Wildman–Crippen MR) is 73.5 cm³/mol. The number of esters is 1. The third-order valence-electron chi connectivity index (χ3n) is 4.17. The number of aryl methyl sites for hydroxylation is 1. The molecule has 1 atom stereocenters. The van der Waals surface area contributed by atoms with Gasteiger partial charge >= 0.3 is 5.97 Å². The van der Waals surface area contributed by atoms with Crippen molar-refractivity contribution in [1.82, 2.24) is 4.98 Å². The number of carbonyl (C=O) groups excluding carboxylic acids is 1. The second-order valence-electron chi connectivity index (χ2n) is 5.75. The highest BCUT2D eigenvalue weighted by atomic mass is 16.5. The van der Waals surface area contributed by atoms with Crippen molar-refractivity contribution in [2.45, 2.75) is 57.8 Å². The fourth-order valence-corrected chi connectivity index (χ4v) is 2.99. The Balaban J connectivity index is 2.04. The van der Waals surface area contributed by atoms with Gasteiger partial charge in [0, 0.05) is 11.6 Å². The lowest BCUT2D eigenvalue weighted by molar-refractivity contribution is 0.0524. The van der Waals surface area contributed by atoms with E-state index >= 15 is 0 Å². The average molecular weight is 259 g/mol. The standard InChI is InChI=1S/C16H21NO2/c1-3-19-16(18)13-9-12-6-4-5-10(2)14(12)17-15(13)11-7-8-11/h9-11H,3-8H2,1-2H3. The number of ether oxygens (including phenoxy) is 1. The maximum Gasteiger partial charge on any atom is 0.339 e. The zero-order valence-corrected chi connectivity index (χ0v) is 11.7. The Morgan fingerprint density at radius 3 is 2.84 bits per heavy atom. The summed E-state index contributed by atoms with van der Waals surface area (Å²) >= 11 is 0. The molecule has 0 N–H and O–H groups in total. The first-order chi connectivity index (χ1) is 9.20. The number of pyridine rings is 1. The molecular formula is C16H21NO2. The van der Waals surface area contributed by atoms with E-state index in [4.69, 9.17) is 9.72 Å². The lowest BCUT2D eigenvalue weighted by atomic mass is 9.86. The minimum absolute atomic E-state index is 0.196. The summed E-state index contributed by atoms with van der Waals surface area (Å²) in [5.74, 6) is 0.814. The van der Waals surface area contributed by atoms with Gasteiger partial charge in [0.1, 0.15) is 0 Å². The Kier molecular flexibility index (Phi) is 3.29. The molecule has 102 valence electrons. The molecule has 19 heavy (non-hydrogen) atoms. The van der Waals surface area contributed by atoms with Gasteiger partial charge in [0.2, 0.25) is 0 Å². The van der Waals surface area contributed by atoms with Gasteiger partial charge in [0.15, 0.2) is 0 Å². The van der Waals surface area contributed by atoms with Crippen molar-refractivity contribution < 1.29 is 9.53 Å². The van der Waals surface area contributed by atoms with Gasteiger partial charge in [-0.25, -0.2) is 4.79 Å². The fourth-order valence-electron chi connectivity index (χ4n) is 2.99. The Morgan fingerprint density at radius 1 is 1.37 bits per heavy atom. The lowest BCUT2D eigenvalue weighted by Gasteiger charge is -2.23. The van der Waals surface area contributed by atoms with E-state index in [1.807, 2.05) is 6.92 Å². The molecule has 1 fully saturated rings. The second-order valence-corrected chi connectivity index (χ2v) is 5.75. The summed E-state index contributed by atoms with van der Waals surface area (Å²) in [6.07, 6.45) is 5.77. The van der Waals surface area contributed by atoms with Crippen molar-refractivity contribution in [1.29, 1.82) is 0 Å². The predicted octanol–water partition coefficient (Wildman–Crippen LogP) is 3.58. The van der Waals surface area contributed by atoms with Crippen molar-refractivity contribution in [3.8, 4) is 0 Å². The van der Waals surface area contributed by atoms with Gasteiger partial charge in [-0.2, -0.15) is 0 Å². The molecule has 1 unspecified atom stereocenters. The molecule has 0 spiro atoms. The lowest BCUT2D eigenvalue weighted by Crippen LogP contribution is -2.16. The van der Waals surface area contributed by atoms with E-state index in [0.717, 1.165) is 30.5 Å². The van der Waals surface area contributed by atoms with Crippen molar-refractivity contribution in [3.05, 3.63) is 28.6 Å². The highest BCUT2D eigenvalue weighted by molar-refractivity contribution is 5.91. The Hall–Kier alpha value is -1.38. The minimum atomic E-state index is -0.196. The molecule has 1 heterocycles. The van der Waals surface area contributed by atoms with E-state index < -0.39 is 0 Å². The molecule has 0 radical (unpaired) electrons. The fraction of sp³-hybridized carbons (Fsp3) is 0.625. The van der Waals surface area contributed by atoms with Crippen LogP contribution in [-0.2, 0) is 11.2 Å². The smallest absolute Gasteiger partial charge is 0.339 e. The molecule has 0 amide bonds. The molecule has 3 heteroatoms. The highest BCUT2D eigenvalue weighted by Crippen LogP contribution is 2.42. The van der Waals surface area contributed by atoms with Gasteiger partial charge in [-0.3, -0.25) is 4.98 Å². The van der Waals surface area contributed by atoms with E-state index in [-0.39, 0.29) is 5.97 Å². The zero-order chi connectivity index (χ0) is 13.4. The van der Waals surface area contributed by atoms with Crippen LogP contribution < -0.4 is 0 Å². The van der Waals surface area contributed by atoms with Crippen molar-refractivity contribution >= 4 is 5.97 Å². The average Bonchev–Trinajstić information content (AvgIpc) is 3.22. The van der Waals surface area contributed by atoms with Crippen LogP contribution in [0, 0.1) is 0 Å².